The molecule has 0 unspecified atom stereocenters. The summed E-state index contributed by atoms with van der Waals surface area (Å²) >= 11 is 0. The van der Waals surface area contributed by atoms with Gasteiger partial charge in [-0.1, -0.05) is 0 Å². The molecule has 39 valence electrons. The fraction of sp³-hybridized carbons (Fsp3) is 0. The first kappa shape index (κ1) is 15.7. The third-order valence-electron chi connectivity index (χ3n) is 0. The van der Waals surface area contributed by atoms with Gasteiger partial charge in [0.2, 0.25) is 0 Å². The largest absolute Gasteiger partial charge is 0 e. The van der Waals surface area contributed by atoms with Crippen molar-refractivity contribution in [1.82, 2.24) is 0 Å². The molecule has 0 aromatic heterocycles. The van der Waals surface area contributed by atoms with Crippen LogP contribution in [0.2, 0.25) is 0 Å². The maximum absolute atomic E-state index is 8.74. The molecule has 0 aromatic carbocycles. The smallest absolute Gasteiger partial charge is 0 e. The van der Waals surface area contributed by atoms with Crippen molar-refractivity contribution in [2.45, 2.75) is 0 Å². The van der Waals surface area contributed by atoms with E-state index in [0.29, 0.717) is 0 Å². The Morgan fingerprint density at radius 3 is 1.14 bits per heavy atom. The van der Waals surface area contributed by atoms with Gasteiger partial charge in [0.05, 0.1) is 0 Å². The van der Waals surface area contributed by atoms with Crippen LogP contribution in [0, 0.1) is 0 Å². The van der Waals surface area contributed by atoms with E-state index in [-0.39, 0.29) is 37.4 Å². The van der Waals surface area contributed by atoms with Crippen LogP contribution in [0.3, 0.4) is 0 Å². The molecule has 7 heavy (non-hydrogen) atoms. The molecule has 0 fully saturated rings. The van der Waals surface area contributed by atoms with Crippen molar-refractivity contribution in [2.75, 3.05) is 0 Å². The minimum Gasteiger partial charge on any atom is 0 e. The van der Waals surface area contributed by atoms with E-state index in [1.54, 1.807) is 0 Å². The SMILES string of the molecule is O=S(=O)(O)O.[LiH].[V]. The molecule has 0 atom stereocenters. The average Bonchev–Trinajstić information content (AvgIpc) is 0.722. The Balaban J connectivity index is -0.0000000800. The van der Waals surface area contributed by atoms with Crippen LogP contribution in [0.1, 0.15) is 0 Å². The van der Waals surface area contributed by atoms with Crippen molar-refractivity contribution >= 4 is 29.3 Å². The summed E-state index contributed by atoms with van der Waals surface area (Å²) in [6.07, 6.45) is 0. The summed E-state index contributed by atoms with van der Waals surface area (Å²) < 4.78 is 31.6. The van der Waals surface area contributed by atoms with Crippen LogP contribution in [0.4, 0.5) is 0 Å². The number of rotatable bonds is 0. The summed E-state index contributed by atoms with van der Waals surface area (Å²) in [5.41, 5.74) is 0. The second-order valence-corrected chi connectivity index (χ2v) is 1.34. The molecule has 2 N–H and O–H groups in total. The van der Waals surface area contributed by atoms with E-state index in [1.165, 1.54) is 0 Å². The second-order valence-electron chi connectivity index (χ2n) is 0.448. The quantitative estimate of drug-likeness (QED) is 0.338. The van der Waals surface area contributed by atoms with Crippen LogP contribution in [0.15, 0.2) is 0 Å². The molecular weight excluding hydrogens is 154 g/mol. The van der Waals surface area contributed by atoms with E-state index in [2.05, 4.69) is 0 Å². The maximum atomic E-state index is 8.74. The Labute approximate surface area is 65.3 Å². The third-order valence-corrected chi connectivity index (χ3v) is 0. The minimum absolute atomic E-state index is 0. The van der Waals surface area contributed by atoms with Gasteiger partial charge in [-0.15, -0.1) is 0 Å². The monoisotopic (exact) mass is 157 g/mol. The van der Waals surface area contributed by atoms with Gasteiger partial charge >= 0.3 is 29.3 Å². The van der Waals surface area contributed by atoms with Gasteiger partial charge in [-0.2, -0.15) is 8.42 Å². The van der Waals surface area contributed by atoms with Crippen LogP contribution >= 0.6 is 0 Å². The Hall–Kier alpha value is 1.05. The molecular formula is H3LiO4SV. The standard InChI is InChI=1S/Li.H2O4S.V.H/c;1-5(2,3)4;;/h;(H2,1,2,3,4);;. The molecule has 1 radical (unpaired) electrons. The molecule has 0 amide bonds. The first-order valence-electron chi connectivity index (χ1n) is 0.698. The zero-order valence-electron chi connectivity index (χ0n) is 2.57. The molecule has 0 aromatic rings. The van der Waals surface area contributed by atoms with Crippen molar-refractivity contribution in [1.29, 1.82) is 0 Å². The van der Waals surface area contributed by atoms with Gasteiger partial charge in [0.25, 0.3) is 0 Å². The van der Waals surface area contributed by atoms with E-state index in [1.807, 2.05) is 0 Å². The van der Waals surface area contributed by atoms with E-state index >= 15 is 0 Å². The molecule has 0 bridgehead atoms. The Morgan fingerprint density at radius 2 is 1.14 bits per heavy atom. The summed E-state index contributed by atoms with van der Waals surface area (Å²) in [5, 5.41) is 0. The fourth-order valence-electron chi connectivity index (χ4n) is 0. The first-order valence-corrected chi connectivity index (χ1v) is 2.10. The molecule has 0 heterocycles. The van der Waals surface area contributed by atoms with Crippen molar-refractivity contribution in [2.24, 2.45) is 0 Å². The van der Waals surface area contributed by atoms with Gasteiger partial charge in [0.15, 0.2) is 0 Å². The minimum atomic E-state index is -4.67. The summed E-state index contributed by atoms with van der Waals surface area (Å²) in [4.78, 5) is 0. The molecule has 0 spiro atoms. The zero-order valence-corrected chi connectivity index (χ0v) is 4.78. The van der Waals surface area contributed by atoms with Crippen LogP contribution in [-0.4, -0.2) is 36.4 Å². The van der Waals surface area contributed by atoms with Gasteiger partial charge in [-0.3, -0.25) is 9.11 Å². The predicted octanol–water partition coefficient (Wildman–Crippen LogP) is -1.30. The van der Waals surface area contributed by atoms with Crippen LogP contribution in [0.5, 0.6) is 0 Å². The molecule has 0 rings (SSSR count). The van der Waals surface area contributed by atoms with Crippen LogP contribution in [-0.2, 0) is 29.0 Å². The topological polar surface area (TPSA) is 74.6 Å². The third kappa shape index (κ3) is 163. The fourth-order valence-corrected chi connectivity index (χ4v) is 0. The average molecular weight is 157 g/mol. The zero-order chi connectivity index (χ0) is 4.50. The molecule has 0 aliphatic carbocycles. The van der Waals surface area contributed by atoms with E-state index in [0.717, 1.165) is 0 Å². The molecule has 4 nitrogen and oxygen atoms in total. The summed E-state index contributed by atoms with van der Waals surface area (Å²) in [6, 6.07) is 0. The predicted molar refractivity (Wildman–Crippen MR) is 21.3 cm³/mol. The van der Waals surface area contributed by atoms with Crippen LogP contribution < -0.4 is 0 Å². The van der Waals surface area contributed by atoms with E-state index in [9.17, 15) is 0 Å². The first-order chi connectivity index (χ1) is 2.00. The number of hydrogen-bond acceptors (Lipinski definition) is 2. The molecule has 0 aliphatic heterocycles. The summed E-state index contributed by atoms with van der Waals surface area (Å²) in [7, 11) is -4.67. The summed E-state index contributed by atoms with van der Waals surface area (Å²) in [6.45, 7) is 0. The van der Waals surface area contributed by atoms with E-state index in [4.69, 9.17) is 17.5 Å². The van der Waals surface area contributed by atoms with Crippen molar-refractivity contribution < 1.29 is 36.1 Å². The van der Waals surface area contributed by atoms with Gasteiger partial charge in [-0.05, 0) is 0 Å². The second kappa shape index (κ2) is 5.19. The van der Waals surface area contributed by atoms with Gasteiger partial charge in [0.1, 0.15) is 0 Å². The molecule has 0 aliphatic rings. The Kier molecular flexibility index (Phi) is 11.6. The van der Waals surface area contributed by atoms with Gasteiger partial charge < -0.3 is 0 Å². The molecule has 0 saturated heterocycles. The van der Waals surface area contributed by atoms with Crippen molar-refractivity contribution in [3.63, 3.8) is 0 Å². The van der Waals surface area contributed by atoms with Crippen LogP contribution in [0.25, 0.3) is 0 Å². The normalized spacial score (nSPS) is 8.29. The Bertz CT molecular complexity index is 94.9. The molecule has 7 heteroatoms. The molecule has 0 saturated carbocycles. The van der Waals surface area contributed by atoms with E-state index < -0.39 is 10.4 Å². The Morgan fingerprint density at radius 1 is 1.14 bits per heavy atom. The van der Waals surface area contributed by atoms with Crippen molar-refractivity contribution in [3.8, 4) is 0 Å². The number of hydrogen-bond donors (Lipinski definition) is 2. The van der Waals surface area contributed by atoms with Crippen molar-refractivity contribution in [3.05, 3.63) is 0 Å². The summed E-state index contributed by atoms with van der Waals surface area (Å²) in [5.74, 6) is 0. The van der Waals surface area contributed by atoms with Gasteiger partial charge in [-0.25, -0.2) is 0 Å². The van der Waals surface area contributed by atoms with Gasteiger partial charge in [0, 0.05) is 18.6 Å². The maximum Gasteiger partial charge on any atom is 0 e.